The van der Waals surface area contributed by atoms with E-state index in [-0.39, 0.29) is 9.76 Å². The summed E-state index contributed by atoms with van der Waals surface area (Å²) < 4.78 is 5.80. The van der Waals surface area contributed by atoms with Crippen LogP contribution in [0.1, 0.15) is 26.7 Å². The molecule has 0 fully saturated rings. The topological polar surface area (TPSA) is 19.0 Å². The highest BCUT2D eigenvalue weighted by Crippen LogP contribution is 1.97. The van der Waals surface area contributed by atoms with Crippen molar-refractivity contribution in [3.8, 4) is 0 Å². The van der Waals surface area contributed by atoms with Crippen LogP contribution >= 0.6 is 0 Å². The maximum atomic E-state index is 5.80. The predicted octanol–water partition coefficient (Wildman–Crippen LogP) is 0.658. The first kappa shape index (κ1) is 19.1. The maximum absolute atomic E-state index is 5.80. The summed E-state index contributed by atoms with van der Waals surface area (Å²) >= 11 is 0. The highest BCUT2D eigenvalue weighted by atomic mass is 28.2. The molecule has 19 heavy (non-hydrogen) atoms. The summed E-state index contributed by atoms with van der Waals surface area (Å²) in [4.78, 5) is 7.13. The van der Waals surface area contributed by atoms with Gasteiger partial charge in [0.15, 0.2) is 9.76 Å². The van der Waals surface area contributed by atoms with E-state index < -0.39 is 0 Å². The molecule has 0 radical (unpaired) electrons. The van der Waals surface area contributed by atoms with Gasteiger partial charge in [-0.25, -0.2) is 0 Å². The minimum Gasteiger partial charge on any atom is -0.420 e. The smallest absolute Gasteiger partial charge is 0.175 e. The van der Waals surface area contributed by atoms with Crippen LogP contribution in [0, 0.1) is 0 Å². The van der Waals surface area contributed by atoms with E-state index in [2.05, 4.69) is 56.7 Å². The van der Waals surface area contributed by atoms with Crippen molar-refractivity contribution in [1.29, 1.82) is 0 Å². The van der Waals surface area contributed by atoms with Gasteiger partial charge in [-0.2, -0.15) is 0 Å². The van der Waals surface area contributed by atoms with Crippen LogP contribution in [0.3, 0.4) is 0 Å². The fraction of sp³-hybridized carbons (Fsp3) is 1.00. The minimum atomic E-state index is -0.380. The molecule has 0 aromatic heterocycles. The lowest BCUT2D eigenvalue weighted by Crippen LogP contribution is -2.34. The van der Waals surface area contributed by atoms with Crippen molar-refractivity contribution in [2.45, 2.75) is 32.8 Å². The molecule has 0 aromatic carbocycles. The second kappa shape index (κ2) is 11.8. The highest BCUT2D eigenvalue weighted by Gasteiger charge is 2.06. The average Bonchev–Trinajstić information content (AvgIpc) is 2.26. The molecule has 4 nitrogen and oxygen atoms in total. The molecule has 116 valence electrons. The van der Waals surface area contributed by atoms with Gasteiger partial charge in [-0.15, -0.1) is 0 Å². The molecule has 0 amide bonds. The van der Waals surface area contributed by atoms with E-state index in [1.165, 1.54) is 45.2 Å². The SMILES string of the molecule is CC(C)O[SiH2]CN(CCCN(C)C)CCCN(C)C. The van der Waals surface area contributed by atoms with E-state index in [1.54, 1.807) is 0 Å². The summed E-state index contributed by atoms with van der Waals surface area (Å²) in [5, 5.41) is 0. The van der Waals surface area contributed by atoms with Gasteiger partial charge in [0.05, 0.1) is 0 Å². The van der Waals surface area contributed by atoms with Gasteiger partial charge in [0.1, 0.15) is 0 Å². The summed E-state index contributed by atoms with van der Waals surface area (Å²) in [6, 6.07) is 0. The third-order valence-corrected chi connectivity index (χ3v) is 4.74. The summed E-state index contributed by atoms with van der Waals surface area (Å²) in [5.41, 5.74) is 0. The van der Waals surface area contributed by atoms with Gasteiger partial charge in [-0.3, -0.25) is 0 Å². The van der Waals surface area contributed by atoms with Crippen LogP contribution in [-0.2, 0) is 4.43 Å². The van der Waals surface area contributed by atoms with Crippen LogP contribution in [0.4, 0.5) is 0 Å². The summed E-state index contributed by atoms with van der Waals surface area (Å²) in [5.74, 6) is 0. The molecule has 0 aliphatic carbocycles. The van der Waals surface area contributed by atoms with Crippen molar-refractivity contribution in [1.82, 2.24) is 14.7 Å². The molecule has 0 aromatic rings. The maximum Gasteiger partial charge on any atom is 0.175 e. The Labute approximate surface area is 123 Å². The van der Waals surface area contributed by atoms with Gasteiger partial charge in [-0.05, 0) is 81.1 Å². The van der Waals surface area contributed by atoms with E-state index >= 15 is 0 Å². The number of nitrogens with zero attached hydrogens (tertiary/aromatic N) is 3. The molecule has 0 atom stereocenters. The second-order valence-corrected chi connectivity index (χ2v) is 7.26. The van der Waals surface area contributed by atoms with Crippen LogP contribution in [0.2, 0.25) is 0 Å². The molecule has 0 spiro atoms. The quantitative estimate of drug-likeness (QED) is 0.491. The lowest BCUT2D eigenvalue weighted by Gasteiger charge is -2.24. The molecule has 0 bridgehead atoms. The molecule has 0 heterocycles. The number of rotatable bonds is 12. The summed E-state index contributed by atoms with van der Waals surface area (Å²) in [6.45, 7) is 9.04. The first-order valence-corrected chi connectivity index (χ1v) is 9.13. The Morgan fingerprint density at radius 2 is 1.32 bits per heavy atom. The first-order chi connectivity index (χ1) is 8.91. The Morgan fingerprint density at radius 1 is 0.842 bits per heavy atom. The lowest BCUT2D eigenvalue weighted by molar-refractivity contribution is 0.226. The molecular weight excluding hydrogens is 254 g/mol. The zero-order chi connectivity index (χ0) is 14.7. The van der Waals surface area contributed by atoms with Crippen molar-refractivity contribution in [3.63, 3.8) is 0 Å². The van der Waals surface area contributed by atoms with Gasteiger partial charge in [-0.1, -0.05) is 0 Å². The van der Waals surface area contributed by atoms with Gasteiger partial charge in [0.25, 0.3) is 0 Å². The number of hydrogen-bond donors (Lipinski definition) is 0. The molecule has 0 saturated carbocycles. The van der Waals surface area contributed by atoms with Crippen molar-refractivity contribution >= 4 is 9.76 Å². The largest absolute Gasteiger partial charge is 0.420 e. The summed E-state index contributed by atoms with van der Waals surface area (Å²) in [7, 11) is 8.20. The van der Waals surface area contributed by atoms with Gasteiger partial charge < -0.3 is 19.1 Å². The second-order valence-electron chi connectivity index (χ2n) is 6.07. The van der Waals surface area contributed by atoms with E-state index in [4.69, 9.17) is 4.43 Å². The molecule has 0 saturated heterocycles. The molecule has 0 aliphatic rings. The van der Waals surface area contributed by atoms with Crippen molar-refractivity contribution < 1.29 is 4.43 Å². The Hall–Kier alpha value is 0.0569. The van der Waals surface area contributed by atoms with Gasteiger partial charge in [0, 0.05) is 12.3 Å². The monoisotopic (exact) mass is 289 g/mol. The highest BCUT2D eigenvalue weighted by molar-refractivity contribution is 6.27. The van der Waals surface area contributed by atoms with Crippen LogP contribution in [0.15, 0.2) is 0 Å². The minimum absolute atomic E-state index is 0.380. The fourth-order valence-electron chi connectivity index (χ4n) is 1.97. The standard InChI is InChI=1S/C14H35N3OSi/c1-14(2)18-19-13-17(11-7-9-15(3)4)12-8-10-16(5)6/h14H,7-13,19H2,1-6H3. The molecular formula is C14H35N3OSi. The Morgan fingerprint density at radius 3 is 1.68 bits per heavy atom. The Balaban J connectivity index is 3.85. The third kappa shape index (κ3) is 14.3. The first-order valence-electron chi connectivity index (χ1n) is 7.55. The molecule has 0 unspecified atom stereocenters. The van der Waals surface area contributed by atoms with Crippen LogP contribution < -0.4 is 0 Å². The fourth-order valence-corrected chi connectivity index (χ4v) is 3.26. The van der Waals surface area contributed by atoms with E-state index in [9.17, 15) is 0 Å². The van der Waals surface area contributed by atoms with Crippen molar-refractivity contribution in [2.24, 2.45) is 0 Å². The van der Waals surface area contributed by atoms with E-state index in [0.717, 1.165) is 0 Å². The average molecular weight is 290 g/mol. The zero-order valence-corrected chi connectivity index (χ0v) is 15.4. The molecule has 0 N–H and O–H groups in total. The van der Waals surface area contributed by atoms with Gasteiger partial charge >= 0.3 is 0 Å². The van der Waals surface area contributed by atoms with E-state index in [1.807, 2.05) is 0 Å². The van der Waals surface area contributed by atoms with Crippen molar-refractivity contribution in [3.05, 3.63) is 0 Å². The predicted molar refractivity (Wildman–Crippen MR) is 87.5 cm³/mol. The summed E-state index contributed by atoms with van der Waals surface area (Å²) in [6.07, 6.45) is 4.10. The van der Waals surface area contributed by atoms with Crippen molar-refractivity contribution in [2.75, 3.05) is 60.5 Å². The zero-order valence-electron chi connectivity index (χ0n) is 14.0. The molecule has 0 aliphatic heterocycles. The molecule has 0 rings (SSSR count). The number of hydrogen-bond acceptors (Lipinski definition) is 4. The normalized spacial score (nSPS) is 12.9. The van der Waals surface area contributed by atoms with Crippen LogP contribution in [0.25, 0.3) is 0 Å². The van der Waals surface area contributed by atoms with Gasteiger partial charge in [0.2, 0.25) is 0 Å². The Kier molecular flexibility index (Phi) is 11.9. The Bertz CT molecular complexity index is 168. The third-order valence-electron chi connectivity index (χ3n) is 3.02. The molecule has 5 heteroatoms. The van der Waals surface area contributed by atoms with Crippen LogP contribution in [-0.4, -0.2) is 91.1 Å². The lowest BCUT2D eigenvalue weighted by atomic mass is 10.3. The van der Waals surface area contributed by atoms with Crippen LogP contribution in [0.5, 0.6) is 0 Å². The van der Waals surface area contributed by atoms with E-state index in [0.29, 0.717) is 6.10 Å².